The van der Waals surface area contributed by atoms with Crippen LogP contribution in [0.15, 0.2) is 82.3 Å². The lowest BCUT2D eigenvalue weighted by molar-refractivity contribution is -0.140. The van der Waals surface area contributed by atoms with Crippen LogP contribution in [0.25, 0.3) is 5.76 Å². The van der Waals surface area contributed by atoms with E-state index in [2.05, 4.69) is 54.4 Å². The Morgan fingerprint density at radius 1 is 0.363 bits per heavy atom. The van der Waals surface area contributed by atoms with Crippen molar-refractivity contribution >= 4 is 124 Å². The van der Waals surface area contributed by atoms with Crippen molar-refractivity contribution < 1.29 is 155 Å². The fraction of sp³-hybridized carbons (Fsp3) is 0.451. The molecule has 5 aromatic rings. The molecule has 5 aromatic carbocycles. The molecule has 4 N–H and O–H groups in total. The van der Waals surface area contributed by atoms with Gasteiger partial charge in [0.1, 0.15) is 84.6 Å². The predicted octanol–water partition coefficient (Wildman–Crippen LogP) is 24.5. The van der Waals surface area contributed by atoms with E-state index in [1.807, 2.05) is 0 Å². The largest absolute Gasteiger partial charge is 0.494 e. The van der Waals surface area contributed by atoms with Crippen molar-refractivity contribution in [3.63, 3.8) is 0 Å². The number of imide groups is 3. The van der Waals surface area contributed by atoms with Crippen molar-refractivity contribution in [2.24, 2.45) is 0 Å². The van der Waals surface area contributed by atoms with E-state index in [1.54, 1.807) is 6.92 Å². The summed E-state index contributed by atoms with van der Waals surface area (Å²) in [5.41, 5.74) is -11.3. The van der Waals surface area contributed by atoms with E-state index in [0.29, 0.717) is 6.07 Å². The van der Waals surface area contributed by atoms with E-state index in [1.165, 1.54) is 125 Å². The predicted molar refractivity (Wildman–Crippen MR) is 385 cm³/mol. The second-order valence-corrected chi connectivity index (χ2v) is 31.0. The van der Waals surface area contributed by atoms with Gasteiger partial charge in [-0.2, -0.15) is 80.6 Å². The van der Waals surface area contributed by atoms with Crippen molar-refractivity contribution in [2.75, 3.05) is 38.1 Å². The molecule has 113 heavy (non-hydrogen) atoms. The zero-order valence-corrected chi connectivity index (χ0v) is 68.1. The number of amides is 6. The van der Waals surface area contributed by atoms with E-state index in [4.69, 9.17) is 44.6 Å². The number of nitrogens with two attached hydrogens (primary N) is 2. The summed E-state index contributed by atoms with van der Waals surface area (Å²) in [6.07, 6.45) is -34.1. The van der Waals surface area contributed by atoms with Gasteiger partial charge in [0.25, 0.3) is 0 Å². The number of hydrogen-bond donors (Lipinski definition) is 2. The van der Waals surface area contributed by atoms with Crippen LogP contribution >= 0.6 is 47.8 Å². The van der Waals surface area contributed by atoms with Crippen LogP contribution in [0.4, 0.5) is 145 Å². The number of anilines is 5. The topological polar surface area (TPSA) is 246 Å². The SMILES string of the molecule is C=C(OCC)c1ccc(N(C(=O)OC(C)(C)C)C(=O)OC(C)(C)C)c(C(F)(F)F)c1F.CC(C)(C)OC(=O)N(C(=O)OC(C)(C)C)c1ccc(Br)c(F)c1C(F)(F)F.CC(C)(C)OC(=O)N(C(=O)OC(C)(C)C)c1ccc(C(=O)CBr)c(F)c1C(F)(F)F.Nc1ccc(Br)c(F)c1C(F)(F)F.Nc1cccc(F)c1C(F)(F)F. The minimum absolute atomic E-state index is 0.0234. The van der Waals surface area contributed by atoms with Crippen LogP contribution in [0.3, 0.4) is 0 Å². The molecule has 0 heterocycles. The molecule has 0 radical (unpaired) electrons. The molecular formula is C71H78Br3F20N5O14. The summed E-state index contributed by atoms with van der Waals surface area (Å²) in [6, 6.07) is 9.80. The number of ketones is 1. The fourth-order valence-corrected chi connectivity index (χ4v) is 9.11. The first kappa shape index (κ1) is 102. The van der Waals surface area contributed by atoms with E-state index in [-0.39, 0.29) is 31.5 Å². The van der Waals surface area contributed by atoms with Crippen LogP contribution in [0.1, 0.15) is 175 Å². The maximum Gasteiger partial charge on any atom is 0.424 e. The number of benzene rings is 5. The zero-order valence-electron chi connectivity index (χ0n) is 63.4. The molecule has 0 atom stereocenters. The van der Waals surface area contributed by atoms with Gasteiger partial charge in [0, 0.05) is 11.4 Å². The Labute approximate surface area is 660 Å². The smallest absolute Gasteiger partial charge is 0.424 e. The molecular weight excluding hydrogens is 1770 g/mol. The van der Waals surface area contributed by atoms with Crippen molar-refractivity contribution in [1.29, 1.82) is 0 Å². The molecule has 42 heteroatoms. The summed E-state index contributed by atoms with van der Waals surface area (Å²) in [5.74, 6) is -9.35. The van der Waals surface area contributed by atoms with Gasteiger partial charge in [-0.1, -0.05) is 28.6 Å². The first-order valence-corrected chi connectivity index (χ1v) is 34.6. The Hall–Kier alpha value is -8.83. The van der Waals surface area contributed by atoms with Crippen molar-refractivity contribution in [1.82, 2.24) is 0 Å². The number of nitrogens with zero attached hydrogens (tertiary/aromatic N) is 3. The zero-order chi connectivity index (χ0) is 89.0. The van der Waals surface area contributed by atoms with E-state index in [0.717, 1.165) is 60.7 Å². The first-order valence-electron chi connectivity index (χ1n) is 31.9. The molecule has 0 aliphatic heterocycles. The second-order valence-electron chi connectivity index (χ2n) is 28.7. The highest BCUT2D eigenvalue weighted by Gasteiger charge is 2.49. The number of carbonyl (C=O) groups excluding carboxylic acids is 7. The number of ether oxygens (including phenoxy) is 7. The Bertz CT molecular complexity index is 4160. The number of nitrogen functional groups attached to an aromatic ring is 2. The van der Waals surface area contributed by atoms with Gasteiger partial charge in [-0.25, -0.2) is 50.7 Å². The minimum Gasteiger partial charge on any atom is -0.494 e. The summed E-state index contributed by atoms with van der Waals surface area (Å²) >= 11 is 8.07. The molecule has 6 amide bonds. The molecule has 0 spiro atoms. The van der Waals surface area contributed by atoms with Gasteiger partial charge >= 0.3 is 67.4 Å². The van der Waals surface area contributed by atoms with Crippen LogP contribution < -0.4 is 26.2 Å². The molecule has 0 aromatic heterocycles. The number of Topliss-reactive ketones (excluding diaryl/α,β-unsaturated/α-hetero) is 1. The van der Waals surface area contributed by atoms with Gasteiger partial charge in [-0.05, 0) is 224 Å². The van der Waals surface area contributed by atoms with Gasteiger partial charge < -0.3 is 44.6 Å². The number of rotatable bonds is 8. The molecule has 0 saturated heterocycles. The average molecular weight is 1850 g/mol. The monoisotopic (exact) mass is 1840 g/mol. The lowest BCUT2D eigenvalue weighted by Crippen LogP contribution is -2.44. The van der Waals surface area contributed by atoms with E-state index < -0.39 is 213 Å². The summed E-state index contributed by atoms with van der Waals surface area (Å²) in [6.45, 7) is 31.1. The highest BCUT2D eigenvalue weighted by Crippen LogP contribution is 2.46. The number of hydrogen-bond acceptors (Lipinski definition) is 16. The van der Waals surface area contributed by atoms with Gasteiger partial charge in [0.2, 0.25) is 0 Å². The maximum absolute atomic E-state index is 15.0. The number of halogens is 23. The van der Waals surface area contributed by atoms with Gasteiger partial charge in [0.05, 0.1) is 49.1 Å². The summed E-state index contributed by atoms with van der Waals surface area (Å²) in [4.78, 5) is 87.3. The van der Waals surface area contributed by atoms with E-state index >= 15 is 0 Å². The standard InChI is InChI=1S/C21H27F4NO5.C19H22BrF4NO5.C17H20BrF4NO4.C7H4BrF4N.C7H5F4N/c1-9-29-12(2)13-10-11-14(15(16(13)22)21(23,24)25)26(17(27)30-19(3,4)5)18(28)31-20(6,7)8;1-17(2,3)29-15(27)25(16(28)30-18(4,5)6)11-8-7-10(12(26)9-20)14(21)13(11)19(22,23)24;1-15(2,3)26-13(24)23(14(25)27-16(4,5)6)10-8-7-9(18)12(19)11(10)17(20,21)22;8-3-1-2-4(13)5(6(3)9)7(10,11)12;8-4-2-1-3-5(12)6(4)7(9,10)11/h10-11H,2,9H2,1,3-8H3;7-8H,9H2,1-6H3;7-8H,1-6H3;1-2H,13H2;1-3H,12H2. The number of alkyl halides is 16. The lowest BCUT2D eigenvalue weighted by Gasteiger charge is -2.30. The molecule has 0 bridgehead atoms. The molecule has 0 aliphatic rings. The third-order valence-corrected chi connectivity index (χ3v) is 13.9. The Kier molecular flexibility index (Phi) is 34.8. The third kappa shape index (κ3) is 31.8. The molecule has 0 saturated carbocycles. The van der Waals surface area contributed by atoms with Crippen LogP contribution in [-0.2, 0) is 64.0 Å². The van der Waals surface area contributed by atoms with Crippen LogP contribution in [0.5, 0.6) is 0 Å². The van der Waals surface area contributed by atoms with Crippen LogP contribution in [-0.4, -0.2) is 87.9 Å². The first-order chi connectivity index (χ1) is 50.5. The molecule has 0 aliphatic carbocycles. The van der Waals surface area contributed by atoms with Crippen LogP contribution in [0.2, 0.25) is 0 Å². The molecule has 0 unspecified atom stereocenters. The molecule has 632 valence electrons. The second kappa shape index (κ2) is 38.5. The Morgan fingerprint density at radius 2 is 0.611 bits per heavy atom. The fourth-order valence-electron chi connectivity index (χ4n) is 8.15. The average Bonchev–Trinajstić information content (AvgIpc) is 0.763. The molecule has 5 rings (SSSR count). The molecule has 0 fully saturated rings. The van der Waals surface area contributed by atoms with Crippen molar-refractivity contribution in [2.45, 2.75) is 196 Å². The molecule has 19 nitrogen and oxygen atoms in total. The normalized spacial score (nSPS) is 12.2. The summed E-state index contributed by atoms with van der Waals surface area (Å²) in [7, 11) is 0. The van der Waals surface area contributed by atoms with Gasteiger partial charge in [-0.15, -0.1) is 0 Å². The van der Waals surface area contributed by atoms with E-state index in [9.17, 15) is 121 Å². The Morgan fingerprint density at radius 3 is 0.858 bits per heavy atom. The third-order valence-electron chi connectivity index (χ3n) is 12.1. The van der Waals surface area contributed by atoms with Crippen LogP contribution in [0, 0.1) is 29.1 Å². The minimum atomic E-state index is -5.34. The summed E-state index contributed by atoms with van der Waals surface area (Å²) < 4.78 is 299. The van der Waals surface area contributed by atoms with Gasteiger partial charge in [-0.3, -0.25) is 4.79 Å². The lowest BCUT2D eigenvalue weighted by atomic mass is 10.0. The number of carbonyl (C=O) groups is 7. The highest BCUT2D eigenvalue weighted by molar-refractivity contribution is 9.10. The van der Waals surface area contributed by atoms with Crippen molar-refractivity contribution in [3.05, 3.63) is 150 Å². The Balaban J connectivity index is 0.000000736. The van der Waals surface area contributed by atoms with Crippen molar-refractivity contribution in [3.8, 4) is 0 Å². The maximum atomic E-state index is 15.0. The quantitative estimate of drug-likeness (QED) is 0.0366. The van der Waals surface area contributed by atoms with Gasteiger partial charge in [0.15, 0.2) is 17.4 Å². The summed E-state index contributed by atoms with van der Waals surface area (Å²) in [5, 5.41) is -0.428. The highest BCUT2D eigenvalue weighted by atomic mass is 79.9.